The molecule has 0 aliphatic carbocycles. The van der Waals surface area contributed by atoms with Crippen molar-refractivity contribution < 1.29 is 5.11 Å². The fourth-order valence-corrected chi connectivity index (χ4v) is 3.52. The number of benzene rings is 1. The lowest BCUT2D eigenvalue weighted by Gasteiger charge is -2.26. The van der Waals surface area contributed by atoms with E-state index < -0.39 is 6.10 Å². The predicted molar refractivity (Wildman–Crippen MR) is 109 cm³/mol. The van der Waals surface area contributed by atoms with Gasteiger partial charge in [-0.2, -0.15) is 0 Å². The van der Waals surface area contributed by atoms with E-state index in [1.807, 2.05) is 49.6 Å². The molecule has 8 heteroatoms. The van der Waals surface area contributed by atoms with Crippen LogP contribution < -0.4 is 15.5 Å². The van der Waals surface area contributed by atoms with Crippen molar-refractivity contribution in [2.45, 2.75) is 18.6 Å². The van der Waals surface area contributed by atoms with Crippen LogP contribution in [-0.4, -0.2) is 57.3 Å². The van der Waals surface area contributed by atoms with Crippen LogP contribution in [0.2, 0.25) is 0 Å². The highest BCUT2D eigenvalue weighted by molar-refractivity contribution is 5.74. The molecular formula is C20H23N7O. The minimum absolute atomic E-state index is 0.0909. The molecule has 0 radical (unpaired) electrons. The Morgan fingerprint density at radius 3 is 2.82 bits per heavy atom. The highest BCUT2D eigenvalue weighted by Crippen LogP contribution is 2.28. The summed E-state index contributed by atoms with van der Waals surface area (Å²) in [5.74, 6) is 2.33. The summed E-state index contributed by atoms with van der Waals surface area (Å²) in [7, 11) is 1.82. The van der Waals surface area contributed by atoms with Crippen molar-refractivity contribution in [1.29, 1.82) is 0 Å². The van der Waals surface area contributed by atoms with Crippen molar-refractivity contribution >= 4 is 17.5 Å². The third-order valence-electron chi connectivity index (χ3n) is 4.90. The fourth-order valence-electron chi connectivity index (χ4n) is 3.52. The summed E-state index contributed by atoms with van der Waals surface area (Å²) in [6, 6.07) is 12.0. The van der Waals surface area contributed by atoms with Crippen molar-refractivity contribution in [1.82, 2.24) is 19.9 Å². The van der Waals surface area contributed by atoms with Crippen LogP contribution in [0.15, 0.2) is 55.2 Å². The van der Waals surface area contributed by atoms with E-state index in [9.17, 15) is 5.11 Å². The Kier molecular flexibility index (Phi) is 5.29. The molecule has 3 aromatic rings. The average molecular weight is 377 g/mol. The highest BCUT2D eigenvalue weighted by atomic mass is 16.3. The molecule has 0 spiro atoms. The summed E-state index contributed by atoms with van der Waals surface area (Å²) < 4.78 is 0. The fraction of sp³-hybridized carbons (Fsp3) is 0.300. The Labute approximate surface area is 163 Å². The van der Waals surface area contributed by atoms with Crippen LogP contribution >= 0.6 is 0 Å². The van der Waals surface area contributed by atoms with Crippen molar-refractivity contribution in [3.63, 3.8) is 0 Å². The summed E-state index contributed by atoms with van der Waals surface area (Å²) in [4.78, 5) is 19.3. The van der Waals surface area contributed by atoms with E-state index in [0.29, 0.717) is 19.5 Å². The lowest BCUT2D eigenvalue weighted by Crippen LogP contribution is -2.36. The van der Waals surface area contributed by atoms with Gasteiger partial charge in [0.05, 0.1) is 12.1 Å². The van der Waals surface area contributed by atoms with E-state index >= 15 is 0 Å². The molecule has 0 amide bonds. The third kappa shape index (κ3) is 3.86. The van der Waals surface area contributed by atoms with Crippen LogP contribution in [0.3, 0.4) is 0 Å². The zero-order chi connectivity index (χ0) is 19.3. The maximum absolute atomic E-state index is 10.2. The summed E-state index contributed by atoms with van der Waals surface area (Å²) >= 11 is 0. The first-order valence-corrected chi connectivity index (χ1v) is 9.28. The first kappa shape index (κ1) is 18.1. The molecule has 4 rings (SSSR count). The van der Waals surface area contributed by atoms with Crippen LogP contribution in [-0.2, 0) is 0 Å². The van der Waals surface area contributed by atoms with Crippen molar-refractivity contribution in [3.05, 3.63) is 55.2 Å². The molecule has 0 unspecified atom stereocenters. The van der Waals surface area contributed by atoms with Crippen LogP contribution in [0.25, 0.3) is 11.1 Å². The molecular weight excluding hydrogens is 354 g/mol. The van der Waals surface area contributed by atoms with Crippen LogP contribution in [0.1, 0.15) is 6.42 Å². The zero-order valence-electron chi connectivity index (χ0n) is 15.7. The summed E-state index contributed by atoms with van der Waals surface area (Å²) in [5, 5.41) is 16.7. The van der Waals surface area contributed by atoms with E-state index in [1.54, 1.807) is 6.33 Å². The molecule has 1 aliphatic heterocycles. The monoisotopic (exact) mass is 377 g/mol. The number of rotatable bonds is 6. The zero-order valence-corrected chi connectivity index (χ0v) is 15.7. The second-order valence-electron chi connectivity index (χ2n) is 6.74. The van der Waals surface area contributed by atoms with E-state index in [4.69, 9.17) is 0 Å². The van der Waals surface area contributed by atoms with Crippen molar-refractivity contribution in [2.24, 2.45) is 0 Å². The largest absolute Gasteiger partial charge is 0.391 e. The first-order valence-electron chi connectivity index (χ1n) is 9.28. The van der Waals surface area contributed by atoms with E-state index in [-0.39, 0.29) is 6.04 Å². The van der Waals surface area contributed by atoms with Gasteiger partial charge in [-0.15, -0.1) is 0 Å². The number of β-amino-alcohol motifs (C(OH)–C–C–N with tert-alkyl or cyclic N) is 1. The summed E-state index contributed by atoms with van der Waals surface area (Å²) in [6.07, 6.45) is 5.17. The lowest BCUT2D eigenvalue weighted by molar-refractivity contribution is 0.194. The second-order valence-corrected chi connectivity index (χ2v) is 6.74. The molecule has 3 heterocycles. The number of hydrogen-bond acceptors (Lipinski definition) is 8. The summed E-state index contributed by atoms with van der Waals surface area (Å²) in [5.41, 5.74) is 2.01. The second kappa shape index (κ2) is 8.18. The molecule has 8 nitrogen and oxygen atoms in total. The normalized spacial score (nSPS) is 18.9. The molecule has 0 bridgehead atoms. The van der Waals surface area contributed by atoms with Gasteiger partial charge >= 0.3 is 0 Å². The summed E-state index contributed by atoms with van der Waals surface area (Å²) in [6.45, 7) is 1.18. The minimum Gasteiger partial charge on any atom is -0.391 e. The van der Waals surface area contributed by atoms with Gasteiger partial charge in [0.1, 0.15) is 30.1 Å². The molecule has 3 N–H and O–H groups in total. The van der Waals surface area contributed by atoms with Gasteiger partial charge in [0.15, 0.2) is 0 Å². The average Bonchev–Trinajstić information content (AvgIpc) is 3.13. The van der Waals surface area contributed by atoms with E-state index in [0.717, 1.165) is 28.6 Å². The molecule has 1 aromatic carbocycles. The Bertz CT molecular complexity index is 921. The number of aliphatic hydroxyl groups is 1. The molecule has 1 aliphatic rings. The molecule has 144 valence electrons. The molecule has 2 aromatic heterocycles. The van der Waals surface area contributed by atoms with Gasteiger partial charge in [-0.25, -0.2) is 19.9 Å². The number of aromatic nitrogens is 4. The Balaban J connectivity index is 1.53. The van der Waals surface area contributed by atoms with Gasteiger partial charge in [-0.3, -0.25) is 0 Å². The van der Waals surface area contributed by atoms with Gasteiger partial charge in [0, 0.05) is 38.0 Å². The minimum atomic E-state index is -0.390. The Hall–Kier alpha value is -3.26. The number of nitrogens with one attached hydrogen (secondary N) is 2. The topological polar surface area (TPSA) is 99.1 Å². The van der Waals surface area contributed by atoms with Gasteiger partial charge in [0.25, 0.3) is 0 Å². The maximum Gasteiger partial charge on any atom is 0.137 e. The standard InChI is InChI=1S/C20H23N7O/c1-21-18-8-19(25-13-24-18)27-11-16(28)7-15(27)9-23-20-17(10-22-12-26-20)14-5-3-2-4-6-14/h2-6,8,10,12-13,15-16,28H,7,9,11H2,1H3,(H,21,24,25)(H,22,23,26)/t15-,16-/m1/s1. The van der Waals surface area contributed by atoms with E-state index in [1.165, 1.54) is 6.33 Å². The molecule has 1 saturated heterocycles. The smallest absolute Gasteiger partial charge is 0.137 e. The SMILES string of the molecule is CNc1cc(N2C[C@H](O)C[C@@H]2CNc2ncncc2-c2ccccc2)ncn1. The first-order chi connectivity index (χ1) is 13.7. The van der Waals surface area contributed by atoms with Gasteiger partial charge < -0.3 is 20.6 Å². The third-order valence-corrected chi connectivity index (χ3v) is 4.90. The Morgan fingerprint density at radius 1 is 1.14 bits per heavy atom. The lowest BCUT2D eigenvalue weighted by atomic mass is 10.1. The molecule has 28 heavy (non-hydrogen) atoms. The number of hydrogen-bond donors (Lipinski definition) is 3. The van der Waals surface area contributed by atoms with Gasteiger partial charge in [-0.1, -0.05) is 30.3 Å². The molecule has 1 fully saturated rings. The van der Waals surface area contributed by atoms with Crippen LogP contribution in [0, 0.1) is 0 Å². The number of anilines is 3. The maximum atomic E-state index is 10.2. The van der Waals surface area contributed by atoms with Crippen LogP contribution in [0.5, 0.6) is 0 Å². The predicted octanol–water partition coefficient (Wildman–Crippen LogP) is 2.03. The van der Waals surface area contributed by atoms with Gasteiger partial charge in [-0.05, 0) is 12.0 Å². The van der Waals surface area contributed by atoms with Crippen molar-refractivity contribution in [3.8, 4) is 11.1 Å². The molecule has 0 saturated carbocycles. The van der Waals surface area contributed by atoms with Crippen LogP contribution in [0.4, 0.5) is 17.5 Å². The van der Waals surface area contributed by atoms with E-state index in [2.05, 4.69) is 35.5 Å². The van der Waals surface area contributed by atoms with Crippen molar-refractivity contribution in [2.75, 3.05) is 35.7 Å². The Morgan fingerprint density at radius 2 is 2.00 bits per heavy atom. The number of nitrogens with zero attached hydrogens (tertiary/aromatic N) is 5. The molecule has 2 atom stereocenters. The quantitative estimate of drug-likeness (QED) is 0.600. The van der Waals surface area contributed by atoms with Gasteiger partial charge in [0.2, 0.25) is 0 Å². The number of aliphatic hydroxyl groups excluding tert-OH is 1. The highest BCUT2D eigenvalue weighted by Gasteiger charge is 2.32.